The first kappa shape index (κ1) is 19.2. The van der Waals surface area contributed by atoms with E-state index in [9.17, 15) is 4.79 Å². The first-order valence-corrected chi connectivity index (χ1v) is 10.3. The molecule has 2 atom stereocenters. The van der Waals surface area contributed by atoms with Crippen LogP contribution in [0, 0.1) is 11.8 Å². The topological polar surface area (TPSA) is 64.3 Å². The number of H-pyrrole nitrogens is 1. The predicted octanol–water partition coefficient (Wildman–Crippen LogP) is 2.28. The molecule has 4 rings (SSSR count). The molecule has 0 radical (unpaired) electrons. The Morgan fingerprint density at radius 3 is 2.64 bits per heavy atom. The van der Waals surface area contributed by atoms with E-state index in [2.05, 4.69) is 64.6 Å². The van der Waals surface area contributed by atoms with Crippen LogP contribution in [0.2, 0.25) is 0 Å². The second-order valence-corrected chi connectivity index (χ2v) is 8.50. The molecule has 0 spiro atoms. The third-order valence-electron chi connectivity index (χ3n) is 6.28. The Morgan fingerprint density at radius 2 is 1.93 bits per heavy atom. The van der Waals surface area contributed by atoms with Crippen molar-refractivity contribution in [3.63, 3.8) is 0 Å². The number of carbonyl (C=O) groups excluding carboxylic acids is 1. The summed E-state index contributed by atoms with van der Waals surface area (Å²) in [5.41, 5.74) is 4.09. The van der Waals surface area contributed by atoms with Gasteiger partial charge < -0.3 is 10.2 Å². The lowest BCUT2D eigenvalue weighted by Crippen LogP contribution is -2.55. The summed E-state index contributed by atoms with van der Waals surface area (Å²) in [6.45, 7) is 9.17. The van der Waals surface area contributed by atoms with Crippen molar-refractivity contribution in [1.82, 2.24) is 25.3 Å². The summed E-state index contributed by atoms with van der Waals surface area (Å²) in [7, 11) is 1.95. The van der Waals surface area contributed by atoms with Crippen LogP contribution in [0.1, 0.15) is 41.2 Å². The molecule has 0 aliphatic carbocycles. The van der Waals surface area contributed by atoms with E-state index in [0.717, 1.165) is 50.4 Å². The number of hydrogen-bond acceptors (Lipinski definition) is 4. The molecule has 28 heavy (non-hydrogen) atoms. The molecule has 2 aromatic rings. The number of fused-ring (bicyclic) bond motifs is 1. The Balaban J connectivity index is 1.45. The van der Waals surface area contributed by atoms with Crippen molar-refractivity contribution < 1.29 is 4.79 Å². The molecule has 1 aromatic carbocycles. The molecule has 1 amide bonds. The van der Waals surface area contributed by atoms with Crippen LogP contribution in [-0.4, -0.2) is 58.6 Å². The van der Waals surface area contributed by atoms with E-state index in [1.165, 1.54) is 5.56 Å². The van der Waals surface area contributed by atoms with Crippen LogP contribution in [0.15, 0.2) is 30.3 Å². The monoisotopic (exact) mass is 381 g/mol. The van der Waals surface area contributed by atoms with Gasteiger partial charge in [-0.15, -0.1) is 0 Å². The highest BCUT2D eigenvalue weighted by Gasteiger charge is 2.37. The number of hydrogen-bond donors (Lipinski definition) is 2. The zero-order valence-electron chi connectivity index (χ0n) is 17.1. The highest BCUT2D eigenvalue weighted by Crippen LogP contribution is 2.29. The van der Waals surface area contributed by atoms with Crippen molar-refractivity contribution in [2.24, 2.45) is 11.8 Å². The van der Waals surface area contributed by atoms with E-state index in [0.29, 0.717) is 17.5 Å². The van der Waals surface area contributed by atoms with Crippen molar-refractivity contribution in [2.45, 2.75) is 39.4 Å². The summed E-state index contributed by atoms with van der Waals surface area (Å²) in [5, 5.41) is 10.8. The Labute approximate surface area is 167 Å². The second kappa shape index (κ2) is 8.05. The fourth-order valence-electron chi connectivity index (χ4n) is 5.10. The zero-order valence-corrected chi connectivity index (χ0v) is 17.1. The van der Waals surface area contributed by atoms with Crippen molar-refractivity contribution in [2.75, 3.05) is 26.7 Å². The quantitative estimate of drug-likeness (QED) is 0.853. The van der Waals surface area contributed by atoms with Gasteiger partial charge in [0.05, 0.1) is 0 Å². The number of nitrogens with one attached hydrogen (secondary N) is 2. The number of benzene rings is 1. The van der Waals surface area contributed by atoms with Crippen molar-refractivity contribution in [3.05, 3.63) is 52.8 Å². The van der Waals surface area contributed by atoms with Crippen LogP contribution >= 0.6 is 0 Å². The molecule has 2 unspecified atom stereocenters. The maximum absolute atomic E-state index is 13.2. The predicted molar refractivity (Wildman–Crippen MR) is 110 cm³/mol. The molecule has 0 saturated carbocycles. The summed E-state index contributed by atoms with van der Waals surface area (Å²) in [6.07, 6.45) is 0.907. The molecule has 6 nitrogen and oxygen atoms in total. The van der Waals surface area contributed by atoms with Gasteiger partial charge in [-0.3, -0.25) is 14.8 Å². The fraction of sp³-hybridized carbons (Fsp3) is 0.545. The Kier molecular flexibility index (Phi) is 5.51. The third kappa shape index (κ3) is 3.71. The molecule has 6 heteroatoms. The minimum absolute atomic E-state index is 0.0430. The van der Waals surface area contributed by atoms with Gasteiger partial charge in [-0.25, -0.2) is 0 Å². The van der Waals surface area contributed by atoms with Crippen molar-refractivity contribution >= 4 is 5.91 Å². The van der Waals surface area contributed by atoms with E-state index in [-0.39, 0.29) is 11.9 Å². The van der Waals surface area contributed by atoms with E-state index >= 15 is 0 Å². The lowest BCUT2D eigenvalue weighted by Gasteiger charge is -2.45. The number of carbonyl (C=O) groups is 1. The molecule has 2 aliphatic heterocycles. The summed E-state index contributed by atoms with van der Waals surface area (Å²) >= 11 is 0. The summed E-state index contributed by atoms with van der Waals surface area (Å²) in [5.74, 6) is 0.866. The molecule has 150 valence electrons. The number of nitrogens with zero attached hydrogens (tertiary/aromatic N) is 3. The second-order valence-electron chi connectivity index (χ2n) is 8.50. The molecule has 1 saturated heterocycles. The van der Waals surface area contributed by atoms with Gasteiger partial charge in [0.2, 0.25) is 0 Å². The highest BCUT2D eigenvalue weighted by molar-refractivity contribution is 5.94. The molecule has 1 aromatic heterocycles. The van der Waals surface area contributed by atoms with Crippen LogP contribution in [0.4, 0.5) is 0 Å². The Bertz CT molecular complexity index is 806. The summed E-state index contributed by atoms with van der Waals surface area (Å²) in [4.78, 5) is 17.7. The SMILES string of the molecule is CC1CN(Cc2ccccc2)CC(C)C1N(C)C(=O)c1n[nH]c2c1CNCC2. The molecule has 0 bridgehead atoms. The largest absolute Gasteiger partial charge is 0.337 e. The van der Waals surface area contributed by atoms with E-state index in [1.54, 1.807) is 0 Å². The van der Waals surface area contributed by atoms with Gasteiger partial charge in [-0.05, 0) is 17.4 Å². The van der Waals surface area contributed by atoms with Crippen molar-refractivity contribution in [1.29, 1.82) is 0 Å². The van der Waals surface area contributed by atoms with Gasteiger partial charge in [-0.1, -0.05) is 44.2 Å². The summed E-state index contributed by atoms with van der Waals surface area (Å²) < 4.78 is 0. The average molecular weight is 382 g/mol. The Morgan fingerprint density at radius 1 is 1.21 bits per heavy atom. The van der Waals surface area contributed by atoms with Gasteiger partial charge in [0.1, 0.15) is 0 Å². The average Bonchev–Trinajstić information content (AvgIpc) is 3.11. The number of piperidine rings is 1. The first-order valence-electron chi connectivity index (χ1n) is 10.3. The van der Waals surface area contributed by atoms with E-state index < -0.39 is 0 Å². The lowest BCUT2D eigenvalue weighted by atomic mass is 9.84. The number of rotatable bonds is 4. The number of amides is 1. The smallest absolute Gasteiger partial charge is 0.274 e. The molecule has 3 heterocycles. The number of likely N-dealkylation sites (tertiary alicyclic amines) is 1. The van der Waals surface area contributed by atoms with Crippen molar-refractivity contribution in [3.8, 4) is 0 Å². The zero-order chi connectivity index (χ0) is 19.7. The van der Waals surface area contributed by atoms with E-state index in [1.807, 2.05) is 11.9 Å². The highest BCUT2D eigenvalue weighted by atomic mass is 16.2. The maximum atomic E-state index is 13.2. The Hall–Kier alpha value is -2.18. The number of aromatic amines is 1. The van der Waals surface area contributed by atoms with Gasteiger partial charge in [0.25, 0.3) is 5.91 Å². The molecular weight excluding hydrogens is 350 g/mol. The third-order valence-corrected chi connectivity index (χ3v) is 6.28. The molecule has 2 N–H and O–H groups in total. The van der Waals surface area contributed by atoms with Gasteiger partial charge in [-0.2, -0.15) is 5.10 Å². The minimum Gasteiger partial charge on any atom is -0.337 e. The molecular formula is C22H31N5O. The van der Waals surface area contributed by atoms with Gasteiger partial charge in [0, 0.05) is 63.5 Å². The summed E-state index contributed by atoms with van der Waals surface area (Å²) in [6, 6.07) is 10.9. The van der Waals surface area contributed by atoms with Crippen LogP contribution in [-0.2, 0) is 19.5 Å². The first-order chi connectivity index (χ1) is 13.5. The fourth-order valence-corrected chi connectivity index (χ4v) is 5.10. The van der Waals surface area contributed by atoms with Crippen LogP contribution in [0.3, 0.4) is 0 Å². The van der Waals surface area contributed by atoms with E-state index in [4.69, 9.17) is 0 Å². The van der Waals surface area contributed by atoms with Gasteiger partial charge >= 0.3 is 0 Å². The minimum atomic E-state index is 0.0430. The lowest BCUT2D eigenvalue weighted by molar-refractivity contribution is 0.0266. The maximum Gasteiger partial charge on any atom is 0.274 e. The van der Waals surface area contributed by atoms with Crippen LogP contribution < -0.4 is 5.32 Å². The van der Waals surface area contributed by atoms with Crippen LogP contribution in [0.25, 0.3) is 0 Å². The van der Waals surface area contributed by atoms with Gasteiger partial charge in [0.15, 0.2) is 5.69 Å². The molecule has 2 aliphatic rings. The standard InChI is InChI=1S/C22H31N5O/c1-15-12-27(14-17-7-5-4-6-8-17)13-16(2)21(15)26(3)22(28)20-18-11-23-10-9-19(18)24-25-20/h4-8,15-16,21,23H,9-14H2,1-3H3,(H,24,25). The molecule has 1 fully saturated rings. The normalized spacial score (nSPS) is 25.3. The van der Waals surface area contributed by atoms with Crippen LogP contribution in [0.5, 0.6) is 0 Å². The number of aromatic nitrogens is 2.